The quantitative estimate of drug-likeness (QED) is 0.378. The topological polar surface area (TPSA) is 56.7 Å². The number of hydrogen-bond donors (Lipinski definition) is 0. The molecule has 1 saturated carbocycles. The van der Waals surface area contributed by atoms with E-state index in [1.54, 1.807) is 35.2 Å². The lowest BCUT2D eigenvalue weighted by atomic mass is 10.2. The number of rotatable bonds is 6. The summed E-state index contributed by atoms with van der Waals surface area (Å²) < 4.78 is 22.2. The highest BCUT2D eigenvalue weighted by Crippen LogP contribution is 2.42. The molecule has 3 heterocycles. The molecule has 5 rings (SSSR count). The summed E-state index contributed by atoms with van der Waals surface area (Å²) in [7, 11) is 0. The van der Waals surface area contributed by atoms with Crippen molar-refractivity contribution in [2.75, 3.05) is 0 Å². The van der Waals surface area contributed by atoms with Gasteiger partial charge in [0.2, 0.25) is 5.89 Å². The summed E-state index contributed by atoms with van der Waals surface area (Å²) >= 11 is 3.17. The van der Waals surface area contributed by atoms with Gasteiger partial charge in [0.05, 0.1) is 16.1 Å². The smallest absolute Gasteiger partial charge is 0.236 e. The van der Waals surface area contributed by atoms with Crippen molar-refractivity contribution in [2.24, 2.45) is 0 Å². The Bertz CT molecular complexity index is 1120. The van der Waals surface area contributed by atoms with E-state index in [4.69, 9.17) is 4.42 Å². The van der Waals surface area contributed by atoms with E-state index in [0.29, 0.717) is 29.1 Å². The number of halogens is 1. The number of aromatic nitrogens is 4. The van der Waals surface area contributed by atoms with Crippen LogP contribution in [0.1, 0.15) is 30.3 Å². The third kappa shape index (κ3) is 3.27. The van der Waals surface area contributed by atoms with Crippen LogP contribution < -0.4 is 0 Å². The van der Waals surface area contributed by atoms with Crippen molar-refractivity contribution >= 4 is 23.1 Å². The Labute approximate surface area is 169 Å². The van der Waals surface area contributed by atoms with E-state index in [1.807, 2.05) is 30.5 Å². The van der Waals surface area contributed by atoms with Crippen molar-refractivity contribution < 1.29 is 8.81 Å². The van der Waals surface area contributed by atoms with Gasteiger partial charge in [-0.05, 0) is 43.3 Å². The predicted octanol–water partition coefficient (Wildman–Crippen LogP) is 5.74. The Morgan fingerprint density at radius 1 is 1.21 bits per heavy atom. The second-order valence-corrected chi connectivity index (χ2v) is 8.57. The lowest BCUT2D eigenvalue weighted by molar-refractivity contribution is 0.542. The summed E-state index contributed by atoms with van der Waals surface area (Å²) in [5, 5.41) is 11.4. The van der Waals surface area contributed by atoms with Gasteiger partial charge < -0.3 is 4.42 Å². The molecule has 5 nitrogen and oxygen atoms in total. The fourth-order valence-corrected chi connectivity index (χ4v) is 4.72. The zero-order valence-corrected chi connectivity index (χ0v) is 16.8. The van der Waals surface area contributed by atoms with Crippen molar-refractivity contribution in [1.29, 1.82) is 0 Å². The third-order valence-corrected chi connectivity index (χ3v) is 6.47. The number of oxazole rings is 1. The van der Waals surface area contributed by atoms with Crippen LogP contribution in [0.25, 0.3) is 22.2 Å². The number of benzene rings is 1. The number of hydrogen-bond acceptors (Lipinski definition) is 6. The SMILES string of the molecule is Cc1oc(-c2cccs2)nc1CSc1nnc(-c2ccccc2F)n1C1CC1. The fourth-order valence-electron chi connectivity index (χ4n) is 3.06. The number of aryl methyl sites for hydroxylation is 1. The highest BCUT2D eigenvalue weighted by Gasteiger charge is 2.31. The summed E-state index contributed by atoms with van der Waals surface area (Å²) in [6.07, 6.45) is 2.14. The van der Waals surface area contributed by atoms with E-state index >= 15 is 0 Å². The summed E-state index contributed by atoms with van der Waals surface area (Å²) in [6.45, 7) is 1.93. The molecular formula is C20H17FN4OS2. The molecule has 3 aromatic heterocycles. The molecule has 1 aliphatic rings. The van der Waals surface area contributed by atoms with Gasteiger partial charge in [-0.2, -0.15) is 0 Å². The minimum absolute atomic E-state index is 0.277. The first-order valence-electron chi connectivity index (χ1n) is 9.03. The van der Waals surface area contributed by atoms with E-state index in [0.717, 1.165) is 34.3 Å². The minimum Gasteiger partial charge on any atom is -0.440 e. The van der Waals surface area contributed by atoms with Gasteiger partial charge in [-0.3, -0.25) is 4.57 Å². The zero-order valence-electron chi connectivity index (χ0n) is 15.1. The van der Waals surface area contributed by atoms with Gasteiger partial charge in [0.15, 0.2) is 11.0 Å². The van der Waals surface area contributed by atoms with Crippen molar-refractivity contribution in [3.8, 4) is 22.2 Å². The molecule has 1 aliphatic carbocycles. The second-order valence-electron chi connectivity index (χ2n) is 6.68. The highest BCUT2D eigenvalue weighted by atomic mass is 32.2. The van der Waals surface area contributed by atoms with Gasteiger partial charge in [-0.1, -0.05) is 30.0 Å². The van der Waals surface area contributed by atoms with Crippen LogP contribution in [0.2, 0.25) is 0 Å². The molecule has 0 spiro atoms. The summed E-state index contributed by atoms with van der Waals surface area (Å²) in [4.78, 5) is 5.66. The van der Waals surface area contributed by atoms with Gasteiger partial charge in [0.1, 0.15) is 11.6 Å². The lowest BCUT2D eigenvalue weighted by Crippen LogP contribution is -2.01. The van der Waals surface area contributed by atoms with Crippen LogP contribution in [0.15, 0.2) is 51.4 Å². The molecule has 1 fully saturated rings. The molecule has 1 aromatic carbocycles. The van der Waals surface area contributed by atoms with Crippen LogP contribution >= 0.6 is 23.1 Å². The Kier molecular flexibility index (Phi) is 4.52. The van der Waals surface area contributed by atoms with Crippen LogP contribution in [0.5, 0.6) is 0 Å². The molecule has 8 heteroatoms. The van der Waals surface area contributed by atoms with Gasteiger partial charge in [-0.15, -0.1) is 21.5 Å². The Balaban J connectivity index is 1.42. The first-order chi connectivity index (χ1) is 13.7. The zero-order chi connectivity index (χ0) is 19.1. The Morgan fingerprint density at radius 3 is 2.82 bits per heavy atom. The molecule has 0 bridgehead atoms. The van der Waals surface area contributed by atoms with Crippen LogP contribution in [0.4, 0.5) is 4.39 Å². The molecule has 0 radical (unpaired) electrons. The molecule has 28 heavy (non-hydrogen) atoms. The average molecular weight is 413 g/mol. The van der Waals surface area contributed by atoms with E-state index in [-0.39, 0.29) is 5.82 Å². The van der Waals surface area contributed by atoms with Gasteiger partial charge in [0.25, 0.3) is 0 Å². The van der Waals surface area contributed by atoms with E-state index in [1.165, 1.54) is 6.07 Å². The normalized spacial score (nSPS) is 13.9. The van der Waals surface area contributed by atoms with Crippen LogP contribution in [0, 0.1) is 12.7 Å². The largest absolute Gasteiger partial charge is 0.440 e. The third-order valence-electron chi connectivity index (χ3n) is 4.65. The maximum absolute atomic E-state index is 14.3. The minimum atomic E-state index is -0.277. The molecule has 0 unspecified atom stereocenters. The van der Waals surface area contributed by atoms with Crippen molar-refractivity contribution in [3.05, 3.63) is 59.0 Å². The molecule has 0 amide bonds. The van der Waals surface area contributed by atoms with Crippen LogP contribution in [-0.4, -0.2) is 19.7 Å². The summed E-state index contributed by atoms with van der Waals surface area (Å²) in [6, 6.07) is 11.0. The van der Waals surface area contributed by atoms with Crippen molar-refractivity contribution in [2.45, 2.75) is 36.7 Å². The number of thioether (sulfide) groups is 1. The van der Waals surface area contributed by atoms with Gasteiger partial charge in [0, 0.05) is 11.8 Å². The Morgan fingerprint density at radius 2 is 2.07 bits per heavy atom. The average Bonchev–Trinajstić information content (AvgIpc) is 3.09. The van der Waals surface area contributed by atoms with Crippen LogP contribution in [-0.2, 0) is 5.75 Å². The highest BCUT2D eigenvalue weighted by molar-refractivity contribution is 7.98. The Hall–Kier alpha value is -2.45. The molecule has 142 valence electrons. The number of nitrogens with zero attached hydrogens (tertiary/aromatic N) is 4. The van der Waals surface area contributed by atoms with Crippen molar-refractivity contribution in [3.63, 3.8) is 0 Å². The van der Waals surface area contributed by atoms with E-state index in [9.17, 15) is 4.39 Å². The standard InChI is InChI=1S/C20H17FN4OS2/c1-12-16(22-19(26-12)17-7-4-10-27-17)11-28-20-24-23-18(25(20)13-8-9-13)14-5-2-3-6-15(14)21/h2-7,10,13H,8-9,11H2,1H3. The molecule has 4 aromatic rings. The molecule has 0 aliphatic heterocycles. The maximum atomic E-state index is 14.3. The monoisotopic (exact) mass is 412 g/mol. The summed E-state index contributed by atoms with van der Waals surface area (Å²) in [5.74, 6) is 2.41. The summed E-state index contributed by atoms with van der Waals surface area (Å²) in [5.41, 5.74) is 1.39. The van der Waals surface area contributed by atoms with E-state index in [2.05, 4.69) is 19.7 Å². The van der Waals surface area contributed by atoms with Crippen LogP contribution in [0.3, 0.4) is 0 Å². The predicted molar refractivity (Wildman–Crippen MR) is 108 cm³/mol. The molecular weight excluding hydrogens is 395 g/mol. The van der Waals surface area contributed by atoms with Gasteiger partial charge >= 0.3 is 0 Å². The first kappa shape index (κ1) is 17.6. The fraction of sp³-hybridized carbons (Fsp3) is 0.250. The van der Waals surface area contributed by atoms with Gasteiger partial charge in [-0.25, -0.2) is 9.37 Å². The second kappa shape index (κ2) is 7.18. The first-order valence-corrected chi connectivity index (χ1v) is 10.9. The number of thiophene rings is 1. The maximum Gasteiger partial charge on any atom is 0.236 e. The van der Waals surface area contributed by atoms with E-state index < -0.39 is 0 Å². The molecule has 0 saturated heterocycles. The lowest BCUT2D eigenvalue weighted by Gasteiger charge is -2.09. The van der Waals surface area contributed by atoms with Crippen molar-refractivity contribution in [1.82, 2.24) is 19.7 Å². The molecule has 0 atom stereocenters. The molecule has 0 N–H and O–H groups in total.